The molecule has 1 unspecified atom stereocenters. The third-order valence-corrected chi connectivity index (χ3v) is 5.15. The van der Waals surface area contributed by atoms with E-state index in [4.69, 9.17) is 4.98 Å². The summed E-state index contributed by atoms with van der Waals surface area (Å²) in [5.74, 6) is 0.909. The van der Waals surface area contributed by atoms with Crippen LogP contribution in [-0.4, -0.2) is 14.6 Å². The van der Waals surface area contributed by atoms with E-state index in [1.54, 1.807) is 0 Å². The number of benzene rings is 1. The Balaban J connectivity index is 1.84. The summed E-state index contributed by atoms with van der Waals surface area (Å²) in [5.41, 5.74) is 2.92. The summed E-state index contributed by atoms with van der Waals surface area (Å²) in [7, 11) is 0. The van der Waals surface area contributed by atoms with Gasteiger partial charge in [-0.05, 0) is 45.0 Å². The molecule has 5 heteroatoms. The highest BCUT2D eigenvalue weighted by atomic mass is 32.1. The molecule has 0 saturated carbocycles. The first-order valence-corrected chi connectivity index (χ1v) is 8.51. The Kier molecular flexibility index (Phi) is 3.31. The highest BCUT2D eigenvalue weighted by molar-refractivity contribution is 7.12. The molecule has 4 aromatic rings. The standard InChI is InChI=1S/C18H18N4S/c1-11-10-17-20-18(19-13(3)16-9-8-12(2)23-16)14-6-4-5-7-15(14)22(17)21-11/h4-10,13H,1-3H3,(H,19,20). The highest BCUT2D eigenvalue weighted by Crippen LogP contribution is 2.29. The lowest BCUT2D eigenvalue weighted by Gasteiger charge is -2.15. The molecule has 0 aliphatic carbocycles. The second kappa shape index (κ2) is 5.35. The predicted octanol–water partition coefficient (Wildman–Crippen LogP) is 4.73. The van der Waals surface area contributed by atoms with Gasteiger partial charge >= 0.3 is 0 Å². The number of fused-ring (bicyclic) bond motifs is 3. The van der Waals surface area contributed by atoms with Gasteiger partial charge in [0.25, 0.3) is 0 Å². The smallest absolute Gasteiger partial charge is 0.158 e. The molecule has 3 heterocycles. The van der Waals surface area contributed by atoms with Crippen LogP contribution in [-0.2, 0) is 0 Å². The molecule has 0 amide bonds. The summed E-state index contributed by atoms with van der Waals surface area (Å²) in [6.07, 6.45) is 0. The summed E-state index contributed by atoms with van der Waals surface area (Å²) in [6.45, 7) is 6.30. The number of nitrogens with one attached hydrogen (secondary N) is 1. The number of hydrogen-bond acceptors (Lipinski definition) is 4. The van der Waals surface area contributed by atoms with Crippen LogP contribution in [0.5, 0.6) is 0 Å². The Labute approximate surface area is 138 Å². The van der Waals surface area contributed by atoms with Crippen LogP contribution < -0.4 is 5.32 Å². The van der Waals surface area contributed by atoms with E-state index in [0.717, 1.165) is 28.1 Å². The van der Waals surface area contributed by atoms with Crippen molar-refractivity contribution in [3.05, 3.63) is 57.9 Å². The molecule has 0 spiro atoms. The topological polar surface area (TPSA) is 42.2 Å². The minimum atomic E-state index is 0.219. The van der Waals surface area contributed by atoms with Crippen molar-refractivity contribution in [3.8, 4) is 0 Å². The maximum absolute atomic E-state index is 4.79. The Bertz CT molecular complexity index is 999. The van der Waals surface area contributed by atoms with E-state index in [0.29, 0.717) is 0 Å². The van der Waals surface area contributed by atoms with Crippen molar-refractivity contribution in [1.29, 1.82) is 0 Å². The Morgan fingerprint density at radius 3 is 2.74 bits per heavy atom. The van der Waals surface area contributed by atoms with Crippen molar-refractivity contribution in [2.45, 2.75) is 26.8 Å². The number of aromatic nitrogens is 3. The molecule has 4 rings (SSSR count). The van der Waals surface area contributed by atoms with E-state index in [1.807, 2.05) is 41.0 Å². The fourth-order valence-corrected chi connectivity index (χ4v) is 3.73. The van der Waals surface area contributed by atoms with Crippen molar-refractivity contribution in [2.24, 2.45) is 0 Å². The second-order valence-electron chi connectivity index (χ2n) is 5.85. The summed E-state index contributed by atoms with van der Waals surface area (Å²) < 4.78 is 1.91. The quantitative estimate of drug-likeness (QED) is 0.593. The van der Waals surface area contributed by atoms with Crippen LogP contribution in [0.25, 0.3) is 16.6 Å². The minimum absolute atomic E-state index is 0.219. The van der Waals surface area contributed by atoms with Gasteiger partial charge in [0.05, 0.1) is 17.3 Å². The van der Waals surface area contributed by atoms with Crippen molar-refractivity contribution in [1.82, 2.24) is 14.6 Å². The maximum Gasteiger partial charge on any atom is 0.158 e. The Morgan fingerprint density at radius 1 is 1.13 bits per heavy atom. The van der Waals surface area contributed by atoms with Crippen LogP contribution in [0.4, 0.5) is 5.82 Å². The molecule has 0 aliphatic rings. The lowest BCUT2D eigenvalue weighted by molar-refractivity contribution is 0.894. The van der Waals surface area contributed by atoms with Gasteiger partial charge < -0.3 is 5.32 Å². The van der Waals surface area contributed by atoms with E-state index in [1.165, 1.54) is 9.75 Å². The van der Waals surface area contributed by atoms with Gasteiger partial charge in [0.2, 0.25) is 0 Å². The number of thiophene rings is 1. The van der Waals surface area contributed by atoms with Crippen molar-refractivity contribution in [2.75, 3.05) is 5.32 Å². The lowest BCUT2D eigenvalue weighted by atomic mass is 10.2. The third-order valence-electron chi connectivity index (χ3n) is 3.97. The highest BCUT2D eigenvalue weighted by Gasteiger charge is 2.13. The van der Waals surface area contributed by atoms with E-state index in [9.17, 15) is 0 Å². The summed E-state index contributed by atoms with van der Waals surface area (Å²) in [4.78, 5) is 7.44. The molecule has 0 radical (unpaired) electrons. The molecule has 0 fully saturated rings. The van der Waals surface area contributed by atoms with Crippen molar-refractivity contribution in [3.63, 3.8) is 0 Å². The van der Waals surface area contributed by atoms with Crippen LogP contribution >= 0.6 is 11.3 Å². The van der Waals surface area contributed by atoms with Crippen LogP contribution in [0.15, 0.2) is 42.5 Å². The predicted molar refractivity (Wildman–Crippen MR) is 96.3 cm³/mol. The Hall–Kier alpha value is -2.40. The number of rotatable bonds is 3. The fourth-order valence-electron chi connectivity index (χ4n) is 2.85. The van der Waals surface area contributed by atoms with E-state index >= 15 is 0 Å². The molecular formula is C18H18N4S. The number of hydrogen-bond donors (Lipinski definition) is 1. The van der Waals surface area contributed by atoms with Gasteiger partial charge in [-0.2, -0.15) is 5.10 Å². The average Bonchev–Trinajstić information content (AvgIpc) is 3.13. The molecule has 23 heavy (non-hydrogen) atoms. The molecule has 3 aromatic heterocycles. The van der Waals surface area contributed by atoms with E-state index in [-0.39, 0.29) is 6.04 Å². The van der Waals surface area contributed by atoms with Crippen LogP contribution in [0.1, 0.15) is 28.4 Å². The van der Waals surface area contributed by atoms with Gasteiger partial charge in [0.15, 0.2) is 5.65 Å². The molecule has 116 valence electrons. The zero-order valence-corrected chi connectivity index (χ0v) is 14.2. The van der Waals surface area contributed by atoms with Crippen molar-refractivity contribution < 1.29 is 0 Å². The van der Waals surface area contributed by atoms with Crippen molar-refractivity contribution >= 4 is 33.7 Å². The summed E-state index contributed by atoms with van der Waals surface area (Å²) >= 11 is 1.82. The number of aryl methyl sites for hydroxylation is 2. The zero-order chi connectivity index (χ0) is 16.0. The molecule has 0 bridgehead atoms. The summed E-state index contributed by atoms with van der Waals surface area (Å²) in [6, 6.07) is 14.8. The second-order valence-corrected chi connectivity index (χ2v) is 7.17. The summed E-state index contributed by atoms with van der Waals surface area (Å²) in [5, 5.41) is 9.21. The number of anilines is 1. The molecule has 0 saturated heterocycles. The fraction of sp³-hybridized carbons (Fsp3) is 0.222. The molecule has 1 atom stereocenters. The number of nitrogens with zero attached hydrogens (tertiary/aromatic N) is 3. The average molecular weight is 322 g/mol. The van der Waals surface area contributed by atoms with Gasteiger partial charge in [-0.1, -0.05) is 12.1 Å². The number of para-hydroxylation sites is 1. The maximum atomic E-state index is 4.79. The largest absolute Gasteiger partial charge is 0.362 e. The SMILES string of the molecule is Cc1cc2nc(NC(C)c3ccc(C)s3)c3ccccc3n2n1. The van der Waals surface area contributed by atoms with Crippen LogP contribution in [0.3, 0.4) is 0 Å². The first-order valence-electron chi connectivity index (χ1n) is 7.70. The van der Waals surface area contributed by atoms with Gasteiger partial charge in [0.1, 0.15) is 5.82 Å². The van der Waals surface area contributed by atoms with Gasteiger partial charge in [0, 0.05) is 21.2 Å². The van der Waals surface area contributed by atoms with Gasteiger partial charge in [-0.25, -0.2) is 9.50 Å². The first-order chi connectivity index (χ1) is 11.1. The zero-order valence-electron chi connectivity index (χ0n) is 13.4. The van der Waals surface area contributed by atoms with E-state index < -0.39 is 0 Å². The van der Waals surface area contributed by atoms with Gasteiger partial charge in [-0.3, -0.25) is 0 Å². The Morgan fingerprint density at radius 2 is 1.96 bits per heavy atom. The molecule has 1 aromatic carbocycles. The monoisotopic (exact) mass is 322 g/mol. The minimum Gasteiger partial charge on any atom is -0.362 e. The molecule has 4 nitrogen and oxygen atoms in total. The molecule has 1 N–H and O–H groups in total. The lowest BCUT2D eigenvalue weighted by Crippen LogP contribution is -2.08. The third kappa shape index (κ3) is 2.47. The van der Waals surface area contributed by atoms with Crippen LogP contribution in [0, 0.1) is 13.8 Å². The normalized spacial score (nSPS) is 12.8. The first kappa shape index (κ1) is 14.2. The van der Waals surface area contributed by atoms with Gasteiger partial charge in [-0.15, -0.1) is 11.3 Å². The van der Waals surface area contributed by atoms with E-state index in [2.05, 4.69) is 48.5 Å². The van der Waals surface area contributed by atoms with Crippen LogP contribution in [0.2, 0.25) is 0 Å². The molecule has 0 aliphatic heterocycles. The molecular weight excluding hydrogens is 304 g/mol.